The quantitative estimate of drug-likeness (QED) is 0.0218. The minimum absolute atomic E-state index is 0.00636. The van der Waals surface area contributed by atoms with Crippen LogP contribution in [0.3, 0.4) is 0 Å². The number of Topliss-reactive ketones (excluding diaryl/α,β-unsaturated/α-hetero) is 1. The fourth-order valence-corrected chi connectivity index (χ4v) is 14.8. The van der Waals surface area contributed by atoms with Gasteiger partial charge in [0.05, 0.1) is 35.1 Å². The summed E-state index contributed by atoms with van der Waals surface area (Å²) in [7, 11) is 3.50. The maximum absolute atomic E-state index is 14.3. The zero-order chi connectivity index (χ0) is 71.3. The summed E-state index contributed by atoms with van der Waals surface area (Å²) < 4.78 is 121. The van der Waals surface area contributed by atoms with Crippen LogP contribution in [0, 0.1) is 11.8 Å². The maximum Gasteiger partial charge on any atom is 0.416 e. The van der Waals surface area contributed by atoms with E-state index in [2.05, 4.69) is 32.6 Å². The number of rotatable bonds is 27. The van der Waals surface area contributed by atoms with Crippen LogP contribution in [0.15, 0.2) is 170 Å². The maximum atomic E-state index is 14.3. The van der Waals surface area contributed by atoms with Crippen LogP contribution in [-0.2, 0) is 61.1 Å². The fourth-order valence-electron chi connectivity index (χ4n) is 14.8. The van der Waals surface area contributed by atoms with E-state index in [1.165, 1.54) is 23.3 Å². The Morgan fingerprint density at radius 3 is 2.04 bits per heavy atom. The SMILES string of the molecule is CN(CCCC(=O)Oc1ccc(CNCc2ccc(C(=O)N(C)CCN3CCC(OC(=O)Nc4ccccc4-c4ccccc4)CC3)cc2)cc1)C(=O)COC1Cc2ccccc2C12CCN(CC[C@@]1(C3C=CC(F)=CC3)CC(CCC(=O)c3cc(C(F)(F)F)cc(C(F)(F)F)c3)CO1)CC2. The number of esters is 1. The average Bonchev–Trinajstić information content (AvgIpc) is 1.60. The minimum atomic E-state index is -5.08. The van der Waals surface area contributed by atoms with E-state index in [0.29, 0.717) is 126 Å². The summed E-state index contributed by atoms with van der Waals surface area (Å²) >= 11 is 0. The Balaban J connectivity index is 0.566. The van der Waals surface area contributed by atoms with E-state index >= 15 is 0 Å². The van der Waals surface area contributed by atoms with E-state index in [1.54, 1.807) is 35.1 Å². The molecule has 11 rings (SSSR count). The summed E-state index contributed by atoms with van der Waals surface area (Å²) in [5, 5.41) is 6.36. The largest absolute Gasteiger partial charge is 0.446 e. The third-order valence-corrected chi connectivity index (χ3v) is 20.7. The van der Waals surface area contributed by atoms with Crippen LogP contribution < -0.4 is 15.4 Å². The number of likely N-dealkylation sites (N-methyl/N-ethyl adjacent to an activating group) is 2. The molecule has 2 N–H and O–H groups in total. The molecule has 2 aliphatic carbocycles. The van der Waals surface area contributed by atoms with Crippen LogP contribution in [0.2, 0.25) is 0 Å². The van der Waals surface area contributed by atoms with Gasteiger partial charge in [-0.1, -0.05) is 103 Å². The Morgan fingerprint density at radius 2 is 1.36 bits per heavy atom. The third-order valence-electron chi connectivity index (χ3n) is 20.7. The van der Waals surface area contributed by atoms with Crippen molar-refractivity contribution in [1.82, 2.24) is 24.9 Å². The molecular weight excluding hydrogens is 1310 g/mol. The summed E-state index contributed by atoms with van der Waals surface area (Å²) in [6.45, 7) is 6.36. The molecule has 15 nitrogen and oxygen atoms in total. The second kappa shape index (κ2) is 33.1. The third kappa shape index (κ3) is 19.2. The van der Waals surface area contributed by atoms with Gasteiger partial charge < -0.3 is 43.9 Å². The van der Waals surface area contributed by atoms with Gasteiger partial charge in [0.15, 0.2) is 5.78 Å². The number of para-hydroxylation sites is 1. The molecule has 5 aliphatic rings. The van der Waals surface area contributed by atoms with Crippen LogP contribution in [0.5, 0.6) is 5.75 Å². The van der Waals surface area contributed by atoms with Crippen molar-refractivity contribution in [2.45, 2.75) is 126 Å². The van der Waals surface area contributed by atoms with Gasteiger partial charge in [-0.3, -0.25) is 24.5 Å². The number of ketones is 1. The zero-order valence-electron chi connectivity index (χ0n) is 57.0. The highest BCUT2D eigenvalue weighted by atomic mass is 19.4. The molecule has 6 aromatic carbocycles. The molecular formula is C79H87F7N6O9. The standard InChI is InChI=1S/C79H87F7N6O9/c1-89(37-10-17-73(95)100-65-29-20-55(21-30-65)51-87-50-54-18-23-58(24-19-54)74(96)90(2)43-44-91-38-32-66(33-39-91)101-75(97)88-69-16-9-7-14-67(69)57-11-4-3-5-12-57)72(94)53-98-71-47-59-13-6-8-15-68(59)76(71)34-40-92(41-35-76)42-36-77(61-25-27-64(80)28-26-61)49-56(52-99-77)22-31-70(93)60-45-62(78(81,82)83)48-63(46-60)79(84,85)86/h3-9,11-16,18-21,23-25,27-30,45-46,48,56,61,66,71,87H,10,17,22,26,31-44,47,49-53H2,1-2H3,(H,88,97)/t56?,61?,71?,77-/m0/s1. The molecule has 0 aromatic heterocycles. The smallest absolute Gasteiger partial charge is 0.416 e. The van der Waals surface area contributed by atoms with Crippen molar-refractivity contribution >= 4 is 35.3 Å². The number of benzene rings is 6. The first-order valence-electron chi connectivity index (χ1n) is 34.9. The first-order chi connectivity index (χ1) is 48.5. The number of nitrogens with one attached hydrogen (secondary N) is 2. The second-order valence-corrected chi connectivity index (χ2v) is 27.4. The second-order valence-electron chi connectivity index (χ2n) is 27.4. The molecule has 0 saturated carbocycles. The first kappa shape index (κ1) is 73.7. The Bertz CT molecular complexity index is 3880. The van der Waals surface area contributed by atoms with Crippen molar-refractivity contribution in [2.75, 3.05) is 85.0 Å². The van der Waals surface area contributed by atoms with Gasteiger partial charge in [-0.25, -0.2) is 9.18 Å². The number of fused-ring (bicyclic) bond motifs is 2. The summed E-state index contributed by atoms with van der Waals surface area (Å²) in [6.07, 6.45) is -1.03. The molecule has 0 bridgehead atoms. The lowest BCUT2D eigenvalue weighted by atomic mass is 9.71. The normalized spacial score (nSPS) is 20.1. The zero-order valence-corrected chi connectivity index (χ0v) is 57.0. The molecule has 0 radical (unpaired) electrons. The number of amides is 3. The number of carbonyl (C=O) groups is 5. The molecule has 22 heteroatoms. The molecule has 101 heavy (non-hydrogen) atoms. The molecule has 6 aromatic rings. The predicted molar refractivity (Wildman–Crippen MR) is 369 cm³/mol. The van der Waals surface area contributed by atoms with E-state index in [0.717, 1.165) is 48.2 Å². The van der Waals surface area contributed by atoms with Gasteiger partial charge in [0.1, 0.15) is 24.3 Å². The number of halogens is 7. The van der Waals surface area contributed by atoms with Crippen molar-refractivity contribution in [3.05, 3.63) is 214 Å². The number of hydrogen-bond donors (Lipinski definition) is 2. The molecule has 3 unspecified atom stereocenters. The van der Waals surface area contributed by atoms with Crippen molar-refractivity contribution in [3.63, 3.8) is 0 Å². The summed E-state index contributed by atoms with van der Waals surface area (Å²) in [6, 6.07) is 41.6. The van der Waals surface area contributed by atoms with E-state index in [4.69, 9.17) is 18.9 Å². The van der Waals surface area contributed by atoms with Crippen molar-refractivity contribution in [1.29, 1.82) is 0 Å². The number of allylic oxidation sites excluding steroid dienone is 3. The predicted octanol–water partition coefficient (Wildman–Crippen LogP) is 14.8. The topological polar surface area (TPSA) is 159 Å². The number of piperidine rings is 2. The van der Waals surface area contributed by atoms with E-state index < -0.39 is 52.5 Å². The Morgan fingerprint density at radius 1 is 0.703 bits per heavy atom. The molecule has 1 spiro atoms. The highest BCUT2D eigenvalue weighted by molar-refractivity contribution is 5.96. The number of alkyl halides is 6. The van der Waals surface area contributed by atoms with Crippen LogP contribution in [0.4, 0.5) is 41.2 Å². The van der Waals surface area contributed by atoms with Gasteiger partial charge in [0.2, 0.25) is 5.91 Å². The monoisotopic (exact) mass is 1400 g/mol. The van der Waals surface area contributed by atoms with Gasteiger partial charge in [0.25, 0.3) is 5.91 Å². The van der Waals surface area contributed by atoms with Gasteiger partial charge in [-0.15, -0.1) is 0 Å². The number of anilines is 1. The van der Waals surface area contributed by atoms with E-state index in [1.807, 2.05) is 110 Å². The highest BCUT2D eigenvalue weighted by Crippen LogP contribution is 2.49. The average molecular weight is 1400 g/mol. The lowest BCUT2D eigenvalue weighted by Gasteiger charge is -2.45. The van der Waals surface area contributed by atoms with Crippen LogP contribution in [-0.4, -0.2) is 147 Å². The molecule has 536 valence electrons. The molecule has 3 heterocycles. The lowest BCUT2D eigenvalue weighted by Crippen LogP contribution is -2.50. The Kier molecular flexibility index (Phi) is 24.1. The van der Waals surface area contributed by atoms with Gasteiger partial charge in [-0.05, 0) is 172 Å². The molecule has 4 atom stereocenters. The van der Waals surface area contributed by atoms with Crippen molar-refractivity contribution < 1.29 is 73.7 Å². The molecule has 3 aliphatic heterocycles. The van der Waals surface area contributed by atoms with Crippen LogP contribution in [0.25, 0.3) is 11.1 Å². The van der Waals surface area contributed by atoms with Gasteiger partial charge >= 0.3 is 24.4 Å². The Labute approximate surface area is 585 Å². The van der Waals surface area contributed by atoms with E-state index in [9.17, 15) is 54.7 Å². The van der Waals surface area contributed by atoms with Crippen molar-refractivity contribution in [2.24, 2.45) is 11.8 Å². The van der Waals surface area contributed by atoms with Crippen molar-refractivity contribution in [3.8, 4) is 16.9 Å². The summed E-state index contributed by atoms with van der Waals surface area (Å²) in [5.41, 5.74) is 2.77. The molecule has 3 saturated heterocycles. The van der Waals surface area contributed by atoms with E-state index in [-0.39, 0.29) is 85.6 Å². The Hall–Kier alpha value is -8.54. The molecule has 3 fully saturated rings. The minimum Gasteiger partial charge on any atom is -0.446 e. The number of carbonyl (C=O) groups excluding carboxylic acids is 5. The number of nitrogens with zero attached hydrogens (tertiary/aromatic N) is 4. The molecule has 3 amide bonds. The summed E-state index contributed by atoms with van der Waals surface area (Å²) in [4.78, 5) is 74.1. The summed E-state index contributed by atoms with van der Waals surface area (Å²) in [5.74, 6) is -1.89. The number of ether oxygens (including phenoxy) is 4. The fraction of sp³-hybridized carbons (Fsp3) is 0.430. The van der Waals surface area contributed by atoms with Gasteiger partial charge in [0, 0.05) is 107 Å². The first-order valence-corrected chi connectivity index (χ1v) is 34.9. The highest BCUT2D eigenvalue weighted by Gasteiger charge is 2.51. The lowest BCUT2D eigenvalue weighted by molar-refractivity contribution is -0.143. The van der Waals surface area contributed by atoms with Gasteiger partial charge in [-0.2, -0.15) is 26.3 Å². The number of likely N-dealkylation sites (tertiary alicyclic amines) is 2. The van der Waals surface area contributed by atoms with Crippen LogP contribution in [0.1, 0.15) is 125 Å². The van der Waals surface area contributed by atoms with Crippen LogP contribution >= 0.6 is 0 Å². The number of hydrogen-bond acceptors (Lipinski definition) is 12.